The normalized spacial score (nSPS) is 10.0. The number of carbonyl (C=O) groups excluding carboxylic acids is 1. The first-order valence-corrected chi connectivity index (χ1v) is 4.11. The molecule has 0 radical (unpaired) electrons. The lowest BCUT2D eigenvalue weighted by Crippen LogP contribution is -2.07. The van der Waals surface area contributed by atoms with Gasteiger partial charge in [0.25, 0.3) is 0 Å². The number of Topliss-reactive ketones (excluding diaryl/α,β-unsaturated/α-hetero) is 1. The minimum atomic E-state index is -0.0782. The van der Waals surface area contributed by atoms with E-state index in [9.17, 15) is 4.79 Å². The largest absolute Gasteiger partial charge is 0.384 e. The number of nitrogens with two attached hydrogens (primary N) is 2. The van der Waals surface area contributed by atoms with Gasteiger partial charge in [0.2, 0.25) is 0 Å². The maximum absolute atomic E-state index is 11.0. The van der Waals surface area contributed by atoms with Crippen LogP contribution in [0.15, 0.2) is 12.1 Å². The number of pyridine rings is 1. The van der Waals surface area contributed by atoms with E-state index >= 15 is 0 Å². The fourth-order valence-corrected chi connectivity index (χ4v) is 1.10. The van der Waals surface area contributed by atoms with Crippen LogP contribution in [0, 0.1) is 0 Å². The Morgan fingerprint density at radius 2 is 2.23 bits per heavy atom. The van der Waals surface area contributed by atoms with Crippen molar-refractivity contribution in [1.82, 2.24) is 4.98 Å². The van der Waals surface area contributed by atoms with Crippen LogP contribution in [0.1, 0.15) is 23.0 Å². The Kier molecular flexibility index (Phi) is 2.97. The van der Waals surface area contributed by atoms with Crippen molar-refractivity contribution in [2.75, 3.05) is 12.3 Å². The molecule has 0 saturated carbocycles. The molecular weight excluding hydrogens is 166 g/mol. The van der Waals surface area contributed by atoms with Gasteiger partial charge in [0, 0.05) is 6.92 Å². The highest BCUT2D eigenvalue weighted by molar-refractivity contribution is 5.92. The first-order chi connectivity index (χ1) is 6.13. The zero-order chi connectivity index (χ0) is 9.84. The number of hydrogen-bond acceptors (Lipinski definition) is 4. The first kappa shape index (κ1) is 9.67. The van der Waals surface area contributed by atoms with Crippen molar-refractivity contribution < 1.29 is 4.79 Å². The third-order valence-electron chi connectivity index (χ3n) is 1.70. The van der Waals surface area contributed by atoms with Crippen LogP contribution in [-0.2, 0) is 6.42 Å². The third kappa shape index (κ3) is 2.52. The molecule has 0 aliphatic heterocycles. The smallest absolute Gasteiger partial charge is 0.178 e. The second kappa shape index (κ2) is 4.00. The summed E-state index contributed by atoms with van der Waals surface area (Å²) in [5.41, 5.74) is 12.3. The zero-order valence-corrected chi connectivity index (χ0v) is 7.58. The number of hydrogen-bond donors (Lipinski definition) is 2. The topological polar surface area (TPSA) is 82.0 Å². The summed E-state index contributed by atoms with van der Waals surface area (Å²) in [6.45, 7) is 2.01. The summed E-state index contributed by atoms with van der Waals surface area (Å²) in [6, 6.07) is 3.46. The molecule has 13 heavy (non-hydrogen) atoms. The van der Waals surface area contributed by atoms with Gasteiger partial charge < -0.3 is 11.5 Å². The average molecular weight is 179 g/mol. The molecule has 0 saturated heterocycles. The molecule has 0 spiro atoms. The van der Waals surface area contributed by atoms with Crippen LogP contribution in [-0.4, -0.2) is 17.3 Å². The van der Waals surface area contributed by atoms with E-state index in [0.717, 1.165) is 5.56 Å². The lowest BCUT2D eigenvalue weighted by atomic mass is 10.1. The monoisotopic (exact) mass is 179 g/mol. The van der Waals surface area contributed by atoms with Crippen molar-refractivity contribution in [2.24, 2.45) is 5.73 Å². The molecule has 0 aliphatic carbocycles. The molecular formula is C9H13N3O. The number of anilines is 1. The summed E-state index contributed by atoms with van der Waals surface area (Å²) in [4.78, 5) is 14.9. The first-order valence-electron chi connectivity index (χ1n) is 4.11. The second-order valence-electron chi connectivity index (χ2n) is 2.88. The van der Waals surface area contributed by atoms with Gasteiger partial charge in [-0.1, -0.05) is 0 Å². The van der Waals surface area contributed by atoms with Crippen LogP contribution < -0.4 is 11.5 Å². The number of nitrogen functional groups attached to an aromatic ring is 1. The molecule has 0 bridgehead atoms. The van der Waals surface area contributed by atoms with Gasteiger partial charge >= 0.3 is 0 Å². The standard InChI is InChI=1S/C9H13N3O/c1-6(13)8-4-7(2-3-10)5-9(11)12-8/h4-5H,2-3,10H2,1H3,(H2,11,12). The highest BCUT2D eigenvalue weighted by atomic mass is 16.1. The average Bonchev–Trinajstić information content (AvgIpc) is 2.03. The third-order valence-corrected chi connectivity index (χ3v) is 1.70. The van der Waals surface area contributed by atoms with Gasteiger partial charge in [-0.3, -0.25) is 4.79 Å². The van der Waals surface area contributed by atoms with E-state index in [-0.39, 0.29) is 5.78 Å². The summed E-state index contributed by atoms with van der Waals surface area (Å²) in [6.07, 6.45) is 0.715. The van der Waals surface area contributed by atoms with E-state index in [1.807, 2.05) is 0 Å². The summed E-state index contributed by atoms with van der Waals surface area (Å²) in [7, 11) is 0. The van der Waals surface area contributed by atoms with E-state index in [1.165, 1.54) is 6.92 Å². The molecule has 4 heteroatoms. The van der Waals surface area contributed by atoms with E-state index in [1.54, 1.807) is 12.1 Å². The van der Waals surface area contributed by atoms with E-state index in [4.69, 9.17) is 11.5 Å². The Morgan fingerprint density at radius 3 is 2.77 bits per heavy atom. The fourth-order valence-electron chi connectivity index (χ4n) is 1.10. The number of aromatic nitrogens is 1. The second-order valence-corrected chi connectivity index (χ2v) is 2.88. The van der Waals surface area contributed by atoms with Crippen LogP contribution in [0.2, 0.25) is 0 Å². The van der Waals surface area contributed by atoms with Gasteiger partial charge in [-0.25, -0.2) is 4.98 Å². The van der Waals surface area contributed by atoms with Crippen LogP contribution in [0.25, 0.3) is 0 Å². The predicted molar refractivity (Wildman–Crippen MR) is 51.4 cm³/mol. The number of carbonyl (C=O) groups is 1. The Hall–Kier alpha value is -1.42. The molecule has 4 N–H and O–H groups in total. The fraction of sp³-hybridized carbons (Fsp3) is 0.333. The van der Waals surface area contributed by atoms with Gasteiger partial charge in [-0.15, -0.1) is 0 Å². The van der Waals surface area contributed by atoms with Gasteiger partial charge in [0.15, 0.2) is 5.78 Å². The van der Waals surface area contributed by atoms with Crippen LogP contribution in [0.5, 0.6) is 0 Å². The molecule has 0 atom stereocenters. The SMILES string of the molecule is CC(=O)c1cc(CCN)cc(N)n1. The maximum Gasteiger partial charge on any atom is 0.178 e. The lowest BCUT2D eigenvalue weighted by molar-refractivity contribution is 0.101. The van der Waals surface area contributed by atoms with Gasteiger partial charge in [-0.2, -0.15) is 0 Å². The molecule has 0 unspecified atom stereocenters. The minimum absolute atomic E-state index is 0.0782. The molecule has 0 aromatic carbocycles. The van der Waals surface area contributed by atoms with Crippen molar-refractivity contribution in [1.29, 1.82) is 0 Å². The van der Waals surface area contributed by atoms with E-state index in [0.29, 0.717) is 24.5 Å². The molecule has 1 aromatic heterocycles. The van der Waals surface area contributed by atoms with Crippen LogP contribution >= 0.6 is 0 Å². The van der Waals surface area contributed by atoms with Gasteiger partial charge in [0.05, 0.1) is 0 Å². The van der Waals surface area contributed by atoms with Crippen molar-refractivity contribution in [2.45, 2.75) is 13.3 Å². The van der Waals surface area contributed by atoms with Crippen molar-refractivity contribution in [3.05, 3.63) is 23.4 Å². The summed E-state index contributed by atoms with van der Waals surface area (Å²) in [5.74, 6) is 0.293. The maximum atomic E-state index is 11.0. The quantitative estimate of drug-likeness (QED) is 0.657. The summed E-state index contributed by atoms with van der Waals surface area (Å²) in [5, 5.41) is 0. The molecule has 0 aliphatic rings. The molecule has 1 rings (SSSR count). The van der Waals surface area contributed by atoms with Crippen LogP contribution in [0.4, 0.5) is 5.82 Å². The number of ketones is 1. The molecule has 1 heterocycles. The van der Waals surface area contributed by atoms with Crippen molar-refractivity contribution in [3.8, 4) is 0 Å². The van der Waals surface area contributed by atoms with E-state index < -0.39 is 0 Å². The minimum Gasteiger partial charge on any atom is -0.384 e. The molecule has 1 aromatic rings. The highest BCUT2D eigenvalue weighted by Crippen LogP contribution is 2.08. The predicted octanol–water partition coefficient (Wildman–Crippen LogP) is 0.368. The molecule has 0 fully saturated rings. The molecule has 70 valence electrons. The highest BCUT2D eigenvalue weighted by Gasteiger charge is 2.03. The Labute approximate surface area is 77.0 Å². The van der Waals surface area contributed by atoms with E-state index in [2.05, 4.69) is 4.98 Å². The Morgan fingerprint density at radius 1 is 1.54 bits per heavy atom. The van der Waals surface area contributed by atoms with Crippen molar-refractivity contribution in [3.63, 3.8) is 0 Å². The summed E-state index contributed by atoms with van der Waals surface area (Å²) >= 11 is 0. The Bertz CT molecular complexity index is 323. The lowest BCUT2D eigenvalue weighted by Gasteiger charge is -2.02. The molecule has 4 nitrogen and oxygen atoms in total. The Balaban J connectivity index is 3.03. The van der Waals surface area contributed by atoms with Crippen LogP contribution in [0.3, 0.4) is 0 Å². The van der Waals surface area contributed by atoms with Crippen molar-refractivity contribution >= 4 is 11.6 Å². The number of rotatable bonds is 3. The summed E-state index contributed by atoms with van der Waals surface area (Å²) < 4.78 is 0. The zero-order valence-electron chi connectivity index (χ0n) is 7.58. The number of nitrogens with zero attached hydrogens (tertiary/aromatic N) is 1. The van der Waals surface area contributed by atoms with Gasteiger partial charge in [-0.05, 0) is 30.7 Å². The van der Waals surface area contributed by atoms with Gasteiger partial charge in [0.1, 0.15) is 11.5 Å². The molecule has 0 amide bonds.